The molecule has 1 amide bonds. The average molecular weight is 552 g/mol. The maximum absolute atomic E-state index is 13.2. The molecule has 0 aliphatic carbocycles. The summed E-state index contributed by atoms with van der Waals surface area (Å²) in [6.45, 7) is 2.15. The van der Waals surface area contributed by atoms with Crippen LogP contribution in [-0.4, -0.2) is 63.3 Å². The Morgan fingerprint density at radius 3 is 2.72 bits per heavy atom. The van der Waals surface area contributed by atoms with Gasteiger partial charge in [-0.3, -0.25) is 9.69 Å². The number of carbonyl (C=O) groups is 1. The van der Waals surface area contributed by atoms with Crippen LogP contribution in [0, 0.1) is 0 Å². The smallest absolute Gasteiger partial charge is 0.353 e. The van der Waals surface area contributed by atoms with Gasteiger partial charge in [0, 0.05) is 37.1 Å². The molecule has 3 aromatic heterocycles. The highest BCUT2D eigenvalue weighted by Crippen LogP contribution is 2.30. The fourth-order valence-electron chi connectivity index (χ4n) is 4.80. The normalized spacial score (nSPS) is 16.7. The van der Waals surface area contributed by atoms with Crippen molar-refractivity contribution in [2.75, 3.05) is 31.6 Å². The first-order valence-corrected chi connectivity index (χ1v) is 13.2. The molecule has 1 aliphatic heterocycles. The Morgan fingerprint density at radius 1 is 1.10 bits per heavy atom. The lowest BCUT2D eigenvalue weighted by Crippen LogP contribution is -2.57. The number of aromatic nitrogens is 4. The second kappa shape index (κ2) is 9.93. The molecule has 2 aromatic carbocycles. The van der Waals surface area contributed by atoms with E-state index in [1.54, 1.807) is 17.5 Å². The Kier molecular flexibility index (Phi) is 6.43. The van der Waals surface area contributed by atoms with Crippen molar-refractivity contribution >= 4 is 44.2 Å². The Bertz CT molecular complexity index is 1650. The van der Waals surface area contributed by atoms with Crippen LogP contribution < -0.4 is 10.2 Å². The molecule has 12 heteroatoms. The lowest BCUT2D eigenvalue weighted by atomic mass is 10.1. The topological polar surface area (TPSA) is 79.2 Å². The van der Waals surface area contributed by atoms with Gasteiger partial charge in [-0.1, -0.05) is 6.07 Å². The Labute approximate surface area is 225 Å². The van der Waals surface area contributed by atoms with Gasteiger partial charge in [-0.15, -0.1) is 16.4 Å². The molecule has 200 valence electrons. The van der Waals surface area contributed by atoms with Gasteiger partial charge in [0.25, 0.3) is 0 Å². The Hall–Kier alpha value is -4.03. The van der Waals surface area contributed by atoms with E-state index >= 15 is 0 Å². The fraction of sp³-hybridized carbons (Fsp3) is 0.259. The second-order valence-electron chi connectivity index (χ2n) is 9.51. The maximum Gasteiger partial charge on any atom is 0.416 e. The van der Waals surface area contributed by atoms with Crippen molar-refractivity contribution in [3.63, 3.8) is 0 Å². The van der Waals surface area contributed by atoms with E-state index in [2.05, 4.69) is 44.0 Å². The number of piperazine rings is 1. The molecule has 6 rings (SSSR count). The van der Waals surface area contributed by atoms with Gasteiger partial charge in [0.2, 0.25) is 5.91 Å². The molecule has 8 nitrogen and oxygen atoms in total. The van der Waals surface area contributed by atoms with Gasteiger partial charge in [-0.25, -0.2) is 14.6 Å². The molecular weight excluding hydrogens is 527 g/mol. The summed E-state index contributed by atoms with van der Waals surface area (Å²) in [5.41, 5.74) is 1.21. The van der Waals surface area contributed by atoms with Crippen LogP contribution in [0.15, 0.2) is 66.4 Å². The SMILES string of the molecule is CN1CCN(c2ncnc3nn(-c4ccc(C(F)(F)F)cc4)cc23)CC1C(=O)NCc1ccc2sccc2c1. The summed E-state index contributed by atoms with van der Waals surface area (Å²) >= 11 is 1.69. The van der Waals surface area contributed by atoms with E-state index in [4.69, 9.17) is 0 Å². The second-order valence-corrected chi connectivity index (χ2v) is 10.5. The maximum atomic E-state index is 13.2. The number of likely N-dealkylation sites (N-methyl/N-ethyl adjacent to an activating group) is 1. The highest BCUT2D eigenvalue weighted by molar-refractivity contribution is 7.17. The number of thiophene rings is 1. The minimum absolute atomic E-state index is 0.0710. The first-order valence-electron chi connectivity index (χ1n) is 12.3. The van der Waals surface area contributed by atoms with Crippen LogP contribution >= 0.6 is 11.3 Å². The number of nitrogens with zero attached hydrogens (tertiary/aromatic N) is 6. The first kappa shape index (κ1) is 25.3. The number of rotatable bonds is 5. The number of amides is 1. The zero-order chi connectivity index (χ0) is 27.1. The van der Waals surface area contributed by atoms with Crippen LogP contribution in [0.25, 0.3) is 26.8 Å². The third kappa shape index (κ3) is 5.04. The number of hydrogen-bond acceptors (Lipinski definition) is 7. The number of halogens is 3. The standard InChI is InChI=1S/C27H24F3N7OS/c1-35-9-10-36(15-22(35)26(38)31-13-17-2-7-23-18(12-17)8-11-39-23)25-21-14-37(34-24(21)32-16-33-25)20-5-3-19(4-6-20)27(28,29)30/h2-8,11-12,14,16,22H,9-10,13,15H2,1H3,(H,31,38). The van der Waals surface area contributed by atoms with Gasteiger partial charge in [0.05, 0.1) is 16.6 Å². The fourth-order valence-corrected chi connectivity index (χ4v) is 5.57. The number of carbonyl (C=O) groups excluding carboxylic acids is 1. The summed E-state index contributed by atoms with van der Waals surface area (Å²) in [5.74, 6) is 0.560. The van der Waals surface area contributed by atoms with Crippen molar-refractivity contribution < 1.29 is 18.0 Å². The zero-order valence-corrected chi connectivity index (χ0v) is 21.7. The summed E-state index contributed by atoms with van der Waals surface area (Å²) in [6, 6.07) is 12.7. The van der Waals surface area contributed by atoms with Gasteiger partial charge in [0.15, 0.2) is 5.65 Å². The number of anilines is 1. The van der Waals surface area contributed by atoms with E-state index in [-0.39, 0.29) is 5.91 Å². The molecule has 0 spiro atoms. The van der Waals surface area contributed by atoms with Gasteiger partial charge in [-0.2, -0.15) is 13.2 Å². The molecule has 1 aliphatic rings. The van der Waals surface area contributed by atoms with Gasteiger partial charge in [-0.05, 0) is 65.8 Å². The van der Waals surface area contributed by atoms with Crippen LogP contribution in [0.4, 0.5) is 19.0 Å². The number of alkyl halides is 3. The molecular formula is C27H24F3N7OS. The van der Waals surface area contributed by atoms with E-state index in [1.807, 2.05) is 22.9 Å². The minimum atomic E-state index is -4.41. The van der Waals surface area contributed by atoms with Crippen molar-refractivity contribution in [2.24, 2.45) is 0 Å². The number of fused-ring (bicyclic) bond motifs is 2. The zero-order valence-electron chi connectivity index (χ0n) is 20.9. The lowest BCUT2D eigenvalue weighted by molar-refractivity contribution is -0.137. The van der Waals surface area contributed by atoms with E-state index < -0.39 is 17.8 Å². The Balaban J connectivity index is 1.20. The summed E-state index contributed by atoms with van der Waals surface area (Å²) in [4.78, 5) is 26.0. The minimum Gasteiger partial charge on any atom is -0.353 e. The predicted octanol–water partition coefficient (Wildman–Crippen LogP) is 4.49. The van der Waals surface area contributed by atoms with Crippen molar-refractivity contribution in [3.8, 4) is 5.69 Å². The first-order chi connectivity index (χ1) is 18.8. The number of benzene rings is 2. The van der Waals surface area contributed by atoms with E-state index in [9.17, 15) is 18.0 Å². The molecule has 1 unspecified atom stereocenters. The highest BCUT2D eigenvalue weighted by Gasteiger charge is 2.32. The highest BCUT2D eigenvalue weighted by atomic mass is 32.1. The van der Waals surface area contributed by atoms with Crippen molar-refractivity contribution in [1.82, 2.24) is 30.0 Å². The van der Waals surface area contributed by atoms with Crippen LogP contribution in [0.5, 0.6) is 0 Å². The van der Waals surface area contributed by atoms with Crippen LogP contribution in [0.3, 0.4) is 0 Å². The number of nitrogens with one attached hydrogen (secondary N) is 1. The molecule has 5 aromatic rings. The third-order valence-corrected chi connectivity index (χ3v) is 7.89. The largest absolute Gasteiger partial charge is 0.416 e. The van der Waals surface area contributed by atoms with E-state index in [0.29, 0.717) is 48.7 Å². The Morgan fingerprint density at radius 2 is 1.92 bits per heavy atom. The van der Waals surface area contributed by atoms with Crippen molar-refractivity contribution in [2.45, 2.75) is 18.8 Å². The molecule has 1 fully saturated rings. The van der Waals surface area contributed by atoms with Gasteiger partial charge in [0.1, 0.15) is 18.2 Å². The molecule has 1 atom stereocenters. The predicted molar refractivity (Wildman–Crippen MR) is 144 cm³/mol. The molecule has 1 saturated heterocycles. The van der Waals surface area contributed by atoms with Gasteiger partial charge < -0.3 is 10.2 Å². The third-order valence-electron chi connectivity index (χ3n) is 6.99. The molecule has 39 heavy (non-hydrogen) atoms. The van der Waals surface area contributed by atoms with Crippen LogP contribution in [-0.2, 0) is 17.5 Å². The van der Waals surface area contributed by atoms with E-state index in [1.165, 1.54) is 27.8 Å². The van der Waals surface area contributed by atoms with Crippen LogP contribution in [0.1, 0.15) is 11.1 Å². The molecule has 0 radical (unpaired) electrons. The van der Waals surface area contributed by atoms with Crippen molar-refractivity contribution in [1.29, 1.82) is 0 Å². The van der Waals surface area contributed by atoms with Crippen LogP contribution in [0.2, 0.25) is 0 Å². The van der Waals surface area contributed by atoms with Gasteiger partial charge >= 0.3 is 6.18 Å². The molecule has 4 heterocycles. The summed E-state index contributed by atoms with van der Waals surface area (Å²) < 4.78 is 41.6. The summed E-state index contributed by atoms with van der Waals surface area (Å²) in [5, 5.41) is 11.4. The molecule has 1 N–H and O–H groups in total. The van der Waals surface area contributed by atoms with Crippen molar-refractivity contribution in [3.05, 3.63) is 77.6 Å². The summed E-state index contributed by atoms with van der Waals surface area (Å²) in [7, 11) is 1.93. The summed E-state index contributed by atoms with van der Waals surface area (Å²) in [6.07, 6.45) is -1.29. The monoisotopic (exact) mass is 551 g/mol. The lowest BCUT2D eigenvalue weighted by Gasteiger charge is -2.39. The quantitative estimate of drug-likeness (QED) is 0.347. The van der Waals surface area contributed by atoms with E-state index in [0.717, 1.165) is 23.1 Å². The molecule has 0 saturated carbocycles. The average Bonchev–Trinajstić information content (AvgIpc) is 3.58. The number of hydrogen-bond donors (Lipinski definition) is 1. The molecule has 0 bridgehead atoms.